The van der Waals surface area contributed by atoms with Crippen molar-refractivity contribution < 1.29 is 22.4 Å². The third kappa shape index (κ3) is 7.33. The van der Waals surface area contributed by atoms with Gasteiger partial charge in [-0.3, -0.25) is 13.9 Å². The second-order valence-corrected chi connectivity index (χ2v) is 10.6. The lowest BCUT2D eigenvalue weighted by Gasteiger charge is -2.33. The lowest BCUT2D eigenvalue weighted by molar-refractivity contribution is -0.140. The van der Waals surface area contributed by atoms with Crippen LogP contribution in [0, 0.1) is 5.82 Å². The molecule has 0 bridgehead atoms. The molecule has 0 aliphatic carbocycles. The van der Waals surface area contributed by atoms with E-state index in [9.17, 15) is 22.4 Å². The molecule has 1 unspecified atom stereocenters. The van der Waals surface area contributed by atoms with Gasteiger partial charge < -0.3 is 10.2 Å². The first-order valence-electron chi connectivity index (χ1n) is 10.2. The third-order valence-electron chi connectivity index (χ3n) is 4.64. The topological polar surface area (TPSA) is 86.8 Å². The Balaban J connectivity index is 2.38. The van der Waals surface area contributed by atoms with Gasteiger partial charge in [0.2, 0.25) is 21.8 Å². The summed E-state index contributed by atoms with van der Waals surface area (Å²) >= 11 is 0. The molecule has 9 heteroatoms. The average molecular weight is 464 g/mol. The summed E-state index contributed by atoms with van der Waals surface area (Å²) in [5.41, 5.74) is 0.313. The molecule has 0 aromatic heterocycles. The van der Waals surface area contributed by atoms with Crippen LogP contribution in [0.25, 0.3) is 0 Å². The van der Waals surface area contributed by atoms with Crippen LogP contribution in [0.3, 0.4) is 0 Å². The van der Waals surface area contributed by atoms with E-state index >= 15 is 0 Å². The molecule has 2 rings (SSSR count). The number of benzene rings is 2. The molecule has 0 saturated carbocycles. The molecule has 2 amide bonds. The van der Waals surface area contributed by atoms with Gasteiger partial charge in [0.1, 0.15) is 18.4 Å². The van der Waals surface area contributed by atoms with E-state index in [1.807, 2.05) is 51.1 Å². The van der Waals surface area contributed by atoms with Gasteiger partial charge in [0.05, 0.1) is 11.9 Å². The van der Waals surface area contributed by atoms with Crippen molar-refractivity contribution in [2.75, 3.05) is 17.1 Å². The number of nitrogens with zero attached hydrogens (tertiary/aromatic N) is 2. The quantitative estimate of drug-likeness (QED) is 0.652. The fourth-order valence-corrected chi connectivity index (χ4v) is 3.92. The largest absolute Gasteiger partial charge is 0.350 e. The summed E-state index contributed by atoms with van der Waals surface area (Å²) in [6, 6.07) is 13.2. The SMILES string of the molecule is CC(C(=O)NC(C)(C)C)N(Cc1ccccc1)C(=O)CN(c1cccc(F)c1)S(C)(=O)=O. The number of anilines is 1. The van der Waals surface area contributed by atoms with E-state index in [2.05, 4.69) is 5.32 Å². The summed E-state index contributed by atoms with van der Waals surface area (Å²) < 4.78 is 39.4. The van der Waals surface area contributed by atoms with Crippen LogP contribution in [0.2, 0.25) is 0 Å². The van der Waals surface area contributed by atoms with Gasteiger partial charge in [-0.1, -0.05) is 36.4 Å². The molecule has 7 nitrogen and oxygen atoms in total. The van der Waals surface area contributed by atoms with Gasteiger partial charge >= 0.3 is 0 Å². The maximum absolute atomic E-state index is 13.7. The maximum atomic E-state index is 13.7. The zero-order valence-electron chi connectivity index (χ0n) is 19.0. The summed E-state index contributed by atoms with van der Waals surface area (Å²) in [6.07, 6.45) is 0.947. The van der Waals surface area contributed by atoms with Crippen molar-refractivity contribution in [3.8, 4) is 0 Å². The second kappa shape index (κ2) is 10.1. The molecule has 0 heterocycles. The minimum Gasteiger partial charge on any atom is -0.350 e. The van der Waals surface area contributed by atoms with Crippen LogP contribution in [0.4, 0.5) is 10.1 Å². The Morgan fingerprint density at radius 3 is 2.22 bits per heavy atom. The molecule has 2 aromatic rings. The first-order valence-corrected chi connectivity index (χ1v) is 12.0. The predicted octanol–water partition coefficient (Wildman–Crippen LogP) is 2.92. The van der Waals surface area contributed by atoms with Crippen LogP contribution < -0.4 is 9.62 Å². The summed E-state index contributed by atoms with van der Waals surface area (Å²) in [5.74, 6) is -1.57. The van der Waals surface area contributed by atoms with Gasteiger partial charge in [-0.15, -0.1) is 0 Å². The molecular formula is C23H30FN3O4S. The maximum Gasteiger partial charge on any atom is 0.244 e. The number of nitrogens with one attached hydrogen (secondary N) is 1. The molecule has 0 radical (unpaired) electrons. The number of carbonyl (C=O) groups excluding carboxylic acids is 2. The Kier molecular flexibility index (Phi) is 8.01. The van der Waals surface area contributed by atoms with Crippen molar-refractivity contribution in [2.45, 2.75) is 45.8 Å². The molecule has 0 spiro atoms. The van der Waals surface area contributed by atoms with E-state index < -0.39 is 39.9 Å². The Morgan fingerprint density at radius 1 is 1.06 bits per heavy atom. The monoisotopic (exact) mass is 463 g/mol. The molecule has 0 aliphatic rings. The summed E-state index contributed by atoms with van der Waals surface area (Å²) in [6.45, 7) is 6.62. The third-order valence-corrected chi connectivity index (χ3v) is 5.78. The highest BCUT2D eigenvalue weighted by molar-refractivity contribution is 7.92. The van der Waals surface area contributed by atoms with Gasteiger partial charge in [-0.05, 0) is 51.5 Å². The number of rotatable bonds is 8. The highest BCUT2D eigenvalue weighted by atomic mass is 32.2. The molecule has 0 fully saturated rings. The zero-order chi connectivity index (χ0) is 24.1. The van der Waals surface area contributed by atoms with Gasteiger partial charge in [0, 0.05) is 12.1 Å². The molecule has 0 saturated heterocycles. The molecule has 174 valence electrons. The molecule has 1 atom stereocenters. The van der Waals surface area contributed by atoms with Crippen molar-refractivity contribution >= 4 is 27.5 Å². The van der Waals surface area contributed by atoms with Crippen molar-refractivity contribution in [2.24, 2.45) is 0 Å². The number of carbonyl (C=O) groups is 2. The van der Waals surface area contributed by atoms with E-state index in [-0.39, 0.29) is 18.1 Å². The Labute approximate surface area is 189 Å². The first kappa shape index (κ1) is 25.3. The number of hydrogen-bond acceptors (Lipinski definition) is 4. The van der Waals surface area contributed by atoms with Crippen molar-refractivity contribution in [1.82, 2.24) is 10.2 Å². The fourth-order valence-electron chi connectivity index (χ4n) is 3.08. The minimum atomic E-state index is -3.89. The summed E-state index contributed by atoms with van der Waals surface area (Å²) in [4.78, 5) is 27.5. The Bertz CT molecular complexity index is 1050. The van der Waals surface area contributed by atoms with E-state index in [1.54, 1.807) is 6.92 Å². The van der Waals surface area contributed by atoms with Crippen LogP contribution in [-0.4, -0.2) is 49.5 Å². The number of halogens is 1. The van der Waals surface area contributed by atoms with Crippen LogP contribution in [0.15, 0.2) is 54.6 Å². The Hall–Kier alpha value is -2.94. The lowest BCUT2D eigenvalue weighted by Crippen LogP contribution is -2.54. The van der Waals surface area contributed by atoms with E-state index in [4.69, 9.17) is 0 Å². The van der Waals surface area contributed by atoms with Crippen LogP contribution in [0.5, 0.6) is 0 Å². The van der Waals surface area contributed by atoms with E-state index in [0.717, 1.165) is 22.2 Å². The van der Waals surface area contributed by atoms with Crippen molar-refractivity contribution in [3.05, 3.63) is 66.0 Å². The van der Waals surface area contributed by atoms with Crippen molar-refractivity contribution in [1.29, 1.82) is 0 Å². The number of sulfonamides is 1. The summed E-state index contributed by atoms with van der Waals surface area (Å²) in [7, 11) is -3.89. The molecule has 1 N–H and O–H groups in total. The zero-order valence-corrected chi connectivity index (χ0v) is 19.8. The van der Waals surface area contributed by atoms with Gasteiger partial charge in [-0.25, -0.2) is 12.8 Å². The molecular weight excluding hydrogens is 433 g/mol. The Morgan fingerprint density at radius 2 is 1.69 bits per heavy atom. The average Bonchev–Trinajstić information content (AvgIpc) is 2.68. The fraction of sp³-hybridized carbons (Fsp3) is 0.391. The van der Waals surface area contributed by atoms with Crippen LogP contribution in [-0.2, 0) is 26.2 Å². The van der Waals surface area contributed by atoms with Crippen molar-refractivity contribution in [3.63, 3.8) is 0 Å². The van der Waals surface area contributed by atoms with Crippen LogP contribution >= 0.6 is 0 Å². The minimum absolute atomic E-state index is 0.0345. The molecule has 32 heavy (non-hydrogen) atoms. The highest BCUT2D eigenvalue weighted by Gasteiger charge is 2.31. The highest BCUT2D eigenvalue weighted by Crippen LogP contribution is 2.20. The number of hydrogen-bond donors (Lipinski definition) is 1. The molecule has 2 aromatic carbocycles. The normalized spacial score (nSPS) is 12.7. The lowest BCUT2D eigenvalue weighted by atomic mass is 10.1. The smallest absolute Gasteiger partial charge is 0.244 e. The van der Waals surface area contributed by atoms with Gasteiger partial charge in [0.15, 0.2) is 0 Å². The van der Waals surface area contributed by atoms with Crippen LogP contribution in [0.1, 0.15) is 33.3 Å². The predicted molar refractivity (Wildman–Crippen MR) is 123 cm³/mol. The summed E-state index contributed by atoms with van der Waals surface area (Å²) in [5, 5.41) is 2.85. The van der Waals surface area contributed by atoms with Gasteiger partial charge in [-0.2, -0.15) is 0 Å². The van der Waals surface area contributed by atoms with E-state index in [0.29, 0.717) is 0 Å². The standard InChI is InChI=1S/C23H30FN3O4S/c1-17(22(29)25-23(2,3)4)26(15-18-10-7-6-8-11-18)21(28)16-27(32(5,30)31)20-13-9-12-19(24)14-20/h6-14,17H,15-16H2,1-5H3,(H,25,29). The first-order chi connectivity index (χ1) is 14.8. The van der Waals surface area contributed by atoms with Gasteiger partial charge in [0.25, 0.3) is 0 Å². The second-order valence-electron chi connectivity index (χ2n) is 8.67. The molecule has 0 aliphatic heterocycles. The van der Waals surface area contributed by atoms with E-state index in [1.165, 1.54) is 23.1 Å². The number of amides is 2.